The molecule has 0 unspecified atom stereocenters. The van der Waals surface area contributed by atoms with Crippen LogP contribution in [0.1, 0.15) is 25.3 Å². The SMILES string of the molecule is CCCCOc1ccc(NC(=O)NN=Cc2ccc(OC)c(OC)c2)cc1. The highest BCUT2D eigenvalue weighted by Crippen LogP contribution is 2.26. The molecule has 0 spiro atoms. The topological polar surface area (TPSA) is 81.2 Å². The normalized spacial score (nSPS) is 10.5. The minimum atomic E-state index is -0.439. The van der Waals surface area contributed by atoms with E-state index in [1.54, 1.807) is 38.5 Å². The average Bonchev–Trinajstić information content (AvgIpc) is 2.69. The van der Waals surface area contributed by atoms with Gasteiger partial charge in [0.25, 0.3) is 0 Å². The second-order valence-corrected chi connectivity index (χ2v) is 5.66. The second-order valence-electron chi connectivity index (χ2n) is 5.66. The molecule has 0 atom stereocenters. The van der Waals surface area contributed by atoms with Crippen molar-refractivity contribution in [2.45, 2.75) is 19.8 Å². The van der Waals surface area contributed by atoms with Crippen LogP contribution in [0.15, 0.2) is 47.6 Å². The van der Waals surface area contributed by atoms with Crippen LogP contribution in [0.3, 0.4) is 0 Å². The molecule has 27 heavy (non-hydrogen) atoms. The lowest BCUT2D eigenvalue weighted by Gasteiger charge is -2.08. The summed E-state index contributed by atoms with van der Waals surface area (Å²) >= 11 is 0. The number of anilines is 1. The van der Waals surface area contributed by atoms with Gasteiger partial charge in [0.05, 0.1) is 27.0 Å². The Labute approximate surface area is 159 Å². The Hall–Kier alpha value is -3.22. The van der Waals surface area contributed by atoms with Crippen LogP contribution in [0.2, 0.25) is 0 Å². The number of hydrogen-bond acceptors (Lipinski definition) is 5. The number of hydrogen-bond donors (Lipinski definition) is 2. The maximum Gasteiger partial charge on any atom is 0.339 e. The molecule has 7 heteroatoms. The van der Waals surface area contributed by atoms with E-state index in [2.05, 4.69) is 22.8 Å². The van der Waals surface area contributed by atoms with Crippen molar-refractivity contribution >= 4 is 17.9 Å². The number of urea groups is 1. The maximum absolute atomic E-state index is 11.9. The molecule has 0 bridgehead atoms. The first kappa shape index (κ1) is 20.1. The fourth-order valence-electron chi connectivity index (χ4n) is 2.23. The van der Waals surface area contributed by atoms with Gasteiger partial charge >= 0.3 is 6.03 Å². The number of hydrazone groups is 1. The van der Waals surface area contributed by atoms with Crippen LogP contribution >= 0.6 is 0 Å². The van der Waals surface area contributed by atoms with Gasteiger partial charge in [0, 0.05) is 5.69 Å². The summed E-state index contributed by atoms with van der Waals surface area (Å²) in [5.41, 5.74) is 3.83. The molecule has 144 valence electrons. The van der Waals surface area contributed by atoms with E-state index in [-0.39, 0.29) is 0 Å². The Morgan fingerprint density at radius 2 is 1.81 bits per heavy atom. The van der Waals surface area contributed by atoms with Crippen LogP contribution in [0.5, 0.6) is 17.2 Å². The van der Waals surface area contributed by atoms with Gasteiger partial charge in [-0.25, -0.2) is 10.2 Å². The van der Waals surface area contributed by atoms with Gasteiger partial charge in [0.15, 0.2) is 11.5 Å². The summed E-state index contributed by atoms with van der Waals surface area (Å²) in [7, 11) is 3.13. The van der Waals surface area contributed by atoms with Gasteiger partial charge in [-0.15, -0.1) is 0 Å². The zero-order valence-electron chi connectivity index (χ0n) is 15.8. The molecule has 0 aliphatic rings. The van der Waals surface area contributed by atoms with Crippen LogP contribution < -0.4 is 25.0 Å². The Morgan fingerprint density at radius 1 is 1.07 bits per heavy atom. The lowest BCUT2D eigenvalue weighted by molar-refractivity contribution is 0.252. The monoisotopic (exact) mass is 371 g/mol. The molecule has 0 radical (unpaired) electrons. The third-order valence-corrected chi connectivity index (χ3v) is 3.67. The molecule has 0 aliphatic carbocycles. The Morgan fingerprint density at radius 3 is 2.48 bits per heavy atom. The summed E-state index contributed by atoms with van der Waals surface area (Å²) in [5, 5.41) is 6.63. The van der Waals surface area contributed by atoms with Gasteiger partial charge in [-0.2, -0.15) is 5.10 Å². The highest BCUT2D eigenvalue weighted by Gasteiger charge is 2.04. The molecule has 0 fully saturated rings. The second kappa shape index (κ2) is 10.7. The fraction of sp³-hybridized carbons (Fsp3) is 0.300. The van der Waals surface area contributed by atoms with Crippen molar-refractivity contribution in [3.05, 3.63) is 48.0 Å². The Bertz CT molecular complexity index is 760. The average molecular weight is 371 g/mol. The molecular weight excluding hydrogens is 346 g/mol. The molecule has 0 saturated carbocycles. The molecular formula is C20H25N3O4. The van der Waals surface area contributed by atoms with Crippen LogP contribution in [-0.2, 0) is 0 Å². The number of amides is 2. The molecule has 7 nitrogen and oxygen atoms in total. The molecule has 0 saturated heterocycles. The number of ether oxygens (including phenoxy) is 3. The molecule has 2 amide bonds. The van der Waals surface area contributed by atoms with Gasteiger partial charge in [-0.3, -0.25) is 0 Å². The number of methoxy groups -OCH3 is 2. The van der Waals surface area contributed by atoms with Gasteiger partial charge in [0.2, 0.25) is 0 Å². The molecule has 2 N–H and O–H groups in total. The van der Waals surface area contributed by atoms with E-state index in [4.69, 9.17) is 14.2 Å². The number of benzene rings is 2. The summed E-state index contributed by atoms with van der Waals surface area (Å²) in [5.74, 6) is 2.00. The summed E-state index contributed by atoms with van der Waals surface area (Å²) in [6, 6.07) is 12.1. The van der Waals surface area contributed by atoms with E-state index in [0.29, 0.717) is 23.8 Å². The predicted molar refractivity (Wildman–Crippen MR) is 106 cm³/mol. The first-order chi connectivity index (χ1) is 13.2. The summed E-state index contributed by atoms with van der Waals surface area (Å²) in [6.45, 7) is 2.80. The molecule has 2 aromatic rings. The number of nitrogens with zero attached hydrogens (tertiary/aromatic N) is 1. The number of unbranched alkanes of at least 4 members (excludes halogenated alkanes) is 1. The van der Waals surface area contributed by atoms with Crippen molar-refractivity contribution in [2.24, 2.45) is 5.10 Å². The summed E-state index contributed by atoms with van der Waals surface area (Å²) in [6.07, 6.45) is 3.62. The van der Waals surface area contributed by atoms with Gasteiger partial charge in [-0.05, 0) is 54.4 Å². The van der Waals surface area contributed by atoms with Crippen molar-refractivity contribution in [3.63, 3.8) is 0 Å². The molecule has 2 aromatic carbocycles. The zero-order chi connectivity index (χ0) is 19.5. The minimum absolute atomic E-state index is 0.439. The summed E-state index contributed by atoms with van der Waals surface area (Å²) in [4.78, 5) is 11.9. The standard InChI is InChI=1S/C20H25N3O4/c1-4-5-12-27-17-9-7-16(8-10-17)22-20(24)23-21-14-15-6-11-18(25-2)19(13-15)26-3/h6-11,13-14H,4-5,12H2,1-3H3,(H2,22,23,24). The van der Waals surface area contributed by atoms with E-state index in [1.165, 1.54) is 6.21 Å². The van der Waals surface area contributed by atoms with Crippen molar-refractivity contribution in [2.75, 3.05) is 26.1 Å². The van der Waals surface area contributed by atoms with Crippen LogP contribution in [-0.4, -0.2) is 33.1 Å². The molecule has 0 aromatic heterocycles. The third kappa shape index (κ3) is 6.54. The Balaban J connectivity index is 1.84. The molecule has 0 heterocycles. The third-order valence-electron chi connectivity index (χ3n) is 3.67. The maximum atomic E-state index is 11.9. The predicted octanol–water partition coefficient (Wildman–Crippen LogP) is 4.04. The fourth-order valence-corrected chi connectivity index (χ4v) is 2.23. The highest BCUT2D eigenvalue weighted by atomic mass is 16.5. The minimum Gasteiger partial charge on any atom is -0.494 e. The van der Waals surface area contributed by atoms with Crippen molar-refractivity contribution in [3.8, 4) is 17.2 Å². The van der Waals surface area contributed by atoms with Crippen molar-refractivity contribution < 1.29 is 19.0 Å². The Kier molecular flexibility index (Phi) is 7.96. The number of carbonyl (C=O) groups is 1. The van der Waals surface area contributed by atoms with Gasteiger partial charge < -0.3 is 19.5 Å². The molecule has 0 aliphatic heterocycles. The lowest BCUT2D eigenvalue weighted by atomic mass is 10.2. The van der Waals surface area contributed by atoms with E-state index >= 15 is 0 Å². The van der Waals surface area contributed by atoms with Gasteiger partial charge in [-0.1, -0.05) is 13.3 Å². The zero-order valence-corrected chi connectivity index (χ0v) is 15.8. The quantitative estimate of drug-likeness (QED) is 0.396. The van der Waals surface area contributed by atoms with Crippen molar-refractivity contribution in [1.82, 2.24) is 5.43 Å². The number of carbonyl (C=O) groups excluding carboxylic acids is 1. The number of rotatable bonds is 9. The van der Waals surface area contributed by atoms with E-state index < -0.39 is 6.03 Å². The highest BCUT2D eigenvalue weighted by molar-refractivity contribution is 5.90. The largest absolute Gasteiger partial charge is 0.494 e. The number of nitrogens with one attached hydrogen (secondary N) is 2. The van der Waals surface area contributed by atoms with Crippen molar-refractivity contribution in [1.29, 1.82) is 0 Å². The first-order valence-electron chi connectivity index (χ1n) is 8.71. The van der Waals surface area contributed by atoms with Crippen LogP contribution in [0.4, 0.5) is 10.5 Å². The van der Waals surface area contributed by atoms with E-state index in [9.17, 15) is 4.79 Å². The van der Waals surface area contributed by atoms with Crippen LogP contribution in [0, 0.1) is 0 Å². The smallest absolute Gasteiger partial charge is 0.339 e. The molecule has 2 rings (SSSR count). The van der Waals surface area contributed by atoms with E-state index in [0.717, 1.165) is 24.2 Å². The first-order valence-corrected chi connectivity index (χ1v) is 8.71. The van der Waals surface area contributed by atoms with Gasteiger partial charge in [0.1, 0.15) is 5.75 Å². The lowest BCUT2D eigenvalue weighted by Crippen LogP contribution is -2.24. The van der Waals surface area contributed by atoms with Crippen LogP contribution in [0.25, 0.3) is 0 Å². The summed E-state index contributed by atoms with van der Waals surface area (Å²) < 4.78 is 16.0. The van der Waals surface area contributed by atoms with E-state index in [1.807, 2.05) is 18.2 Å².